The highest BCUT2D eigenvalue weighted by Crippen LogP contribution is 2.13. The summed E-state index contributed by atoms with van der Waals surface area (Å²) in [6, 6.07) is 0.603. The molecule has 3 nitrogen and oxygen atoms in total. The van der Waals surface area contributed by atoms with Gasteiger partial charge in [0.2, 0.25) is 0 Å². The fourth-order valence-corrected chi connectivity index (χ4v) is 1.99. The Bertz CT molecular complexity index is 184. The molecular formula is C12H24N2O. The number of rotatable bonds is 6. The van der Waals surface area contributed by atoms with Crippen LogP contribution in [0.2, 0.25) is 0 Å². The van der Waals surface area contributed by atoms with Gasteiger partial charge < -0.3 is 10.1 Å². The molecule has 0 aliphatic carbocycles. The minimum absolute atomic E-state index is 0.382. The largest absolute Gasteiger partial charge is 0.376 e. The number of nitrogens with one attached hydrogen (secondary N) is 1. The normalized spacial score (nSPS) is 27.9. The van der Waals surface area contributed by atoms with Gasteiger partial charge in [0.05, 0.1) is 12.7 Å². The minimum atomic E-state index is 0.382. The van der Waals surface area contributed by atoms with Gasteiger partial charge in [0.15, 0.2) is 0 Å². The summed E-state index contributed by atoms with van der Waals surface area (Å²) in [6.45, 7) is 13.1. The zero-order valence-corrected chi connectivity index (χ0v) is 10.0. The second kappa shape index (κ2) is 6.99. The van der Waals surface area contributed by atoms with Crippen molar-refractivity contribution < 1.29 is 4.74 Å². The molecule has 0 spiro atoms. The zero-order chi connectivity index (χ0) is 11.1. The fraction of sp³-hybridized carbons (Fsp3) is 0.833. The Morgan fingerprint density at radius 3 is 3.07 bits per heavy atom. The maximum atomic E-state index is 5.66. The summed E-state index contributed by atoms with van der Waals surface area (Å²) < 4.78 is 5.66. The molecule has 1 rings (SSSR count). The highest BCUT2D eigenvalue weighted by molar-refractivity contribution is 4.78. The summed E-state index contributed by atoms with van der Waals surface area (Å²) in [5.74, 6) is 0. The average molecular weight is 212 g/mol. The zero-order valence-electron chi connectivity index (χ0n) is 10.0. The van der Waals surface area contributed by atoms with E-state index in [0.717, 1.165) is 32.8 Å². The molecule has 1 saturated heterocycles. The van der Waals surface area contributed by atoms with Crippen LogP contribution < -0.4 is 5.32 Å². The number of nitrogens with zero attached hydrogens (tertiary/aromatic N) is 1. The van der Waals surface area contributed by atoms with Crippen LogP contribution in [0.15, 0.2) is 12.7 Å². The van der Waals surface area contributed by atoms with Crippen molar-refractivity contribution in [1.29, 1.82) is 0 Å². The van der Waals surface area contributed by atoms with Gasteiger partial charge >= 0.3 is 0 Å². The van der Waals surface area contributed by atoms with E-state index in [-0.39, 0.29) is 0 Å². The van der Waals surface area contributed by atoms with E-state index in [1.165, 1.54) is 6.42 Å². The first-order valence-corrected chi connectivity index (χ1v) is 5.95. The summed E-state index contributed by atoms with van der Waals surface area (Å²) in [5.41, 5.74) is 0. The molecule has 0 radical (unpaired) electrons. The number of ether oxygens (including phenoxy) is 1. The van der Waals surface area contributed by atoms with Crippen molar-refractivity contribution in [2.24, 2.45) is 0 Å². The maximum absolute atomic E-state index is 5.66. The van der Waals surface area contributed by atoms with E-state index >= 15 is 0 Å². The summed E-state index contributed by atoms with van der Waals surface area (Å²) in [6.07, 6.45) is 3.46. The third-order valence-electron chi connectivity index (χ3n) is 2.92. The molecular weight excluding hydrogens is 188 g/mol. The summed E-state index contributed by atoms with van der Waals surface area (Å²) in [4.78, 5) is 2.53. The van der Waals surface area contributed by atoms with Crippen LogP contribution in [-0.2, 0) is 4.74 Å². The Morgan fingerprint density at radius 1 is 1.60 bits per heavy atom. The second-order valence-electron chi connectivity index (χ2n) is 4.19. The van der Waals surface area contributed by atoms with Crippen LogP contribution in [0.4, 0.5) is 0 Å². The third kappa shape index (κ3) is 4.33. The van der Waals surface area contributed by atoms with E-state index in [4.69, 9.17) is 4.74 Å². The first kappa shape index (κ1) is 12.7. The van der Waals surface area contributed by atoms with Crippen LogP contribution >= 0.6 is 0 Å². The predicted octanol–water partition coefficient (Wildman–Crippen LogP) is 1.26. The van der Waals surface area contributed by atoms with Crippen LogP contribution in [0.5, 0.6) is 0 Å². The topological polar surface area (TPSA) is 24.5 Å². The molecule has 15 heavy (non-hydrogen) atoms. The average Bonchev–Trinajstić information content (AvgIpc) is 2.25. The van der Waals surface area contributed by atoms with Gasteiger partial charge in [-0.15, -0.1) is 6.58 Å². The fourth-order valence-electron chi connectivity index (χ4n) is 1.99. The lowest BCUT2D eigenvalue weighted by molar-refractivity contribution is -0.0550. The molecule has 2 unspecified atom stereocenters. The molecule has 0 bridgehead atoms. The highest BCUT2D eigenvalue weighted by atomic mass is 16.5. The van der Waals surface area contributed by atoms with Crippen LogP contribution in [0.25, 0.3) is 0 Å². The van der Waals surface area contributed by atoms with Gasteiger partial charge in [0, 0.05) is 32.2 Å². The highest BCUT2D eigenvalue weighted by Gasteiger charge is 2.24. The second-order valence-corrected chi connectivity index (χ2v) is 4.19. The number of hydrogen-bond acceptors (Lipinski definition) is 3. The SMILES string of the molecule is C=CCNCCN1CC(C)OCC1CC. The van der Waals surface area contributed by atoms with Crippen LogP contribution in [0, 0.1) is 0 Å². The molecule has 0 amide bonds. The molecule has 0 aromatic rings. The Hall–Kier alpha value is -0.380. The summed E-state index contributed by atoms with van der Waals surface area (Å²) in [5, 5.41) is 3.34. The standard InChI is InChI=1S/C12H24N2O/c1-4-6-13-7-8-14-9-11(3)15-10-12(14)5-2/h4,11-13H,1,5-10H2,2-3H3. The molecule has 3 heteroatoms. The molecule has 1 aliphatic heterocycles. The van der Waals surface area contributed by atoms with Gasteiger partial charge in [0.1, 0.15) is 0 Å². The molecule has 88 valence electrons. The van der Waals surface area contributed by atoms with E-state index in [2.05, 4.69) is 30.6 Å². The van der Waals surface area contributed by atoms with Crippen LogP contribution in [0.3, 0.4) is 0 Å². The van der Waals surface area contributed by atoms with Gasteiger partial charge in [-0.25, -0.2) is 0 Å². The van der Waals surface area contributed by atoms with E-state index in [1.54, 1.807) is 0 Å². The van der Waals surface area contributed by atoms with E-state index in [9.17, 15) is 0 Å². The Kier molecular flexibility index (Phi) is 5.91. The quantitative estimate of drug-likeness (QED) is 0.530. The molecule has 1 heterocycles. The predicted molar refractivity (Wildman–Crippen MR) is 64.1 cm³/mol. The molecule has 0 saturated carbocycles. The van der Waals surface area contributed by atoms with Gasteiger partial charge in [-0.3, -0.25) is 4.90 Å². The van der Waals surface area contributed by atoms with E-state index in [0.29, 0.717) is 12.1 Å². The van der Waals surface area contributed by atoms with Gasteiger partial charge in [-0.2, -0.15) is 0 Å². The van der Waals surface area contributed by atoms with E-state index in [1.807, 2.05) is 6.08 Å². The minimum Gasteiger partial charge on any atom is -0.376 e. The maximum Gasteiger partial charge on any atom is 0.0674 e. The first-order chi connectivity index (χ1) is 7.27. The molecule has 2 atom stereocenters. The monoisotopic (exact) mass is 212 g/mol. The third-order valence-corrected chi connectivity index (χ3v) is 2.92. The Morgan fingerprint density at radius 2 is 2.40 bits per heavy atom. The lowest BCUT2D eigenvalue weighted by Gasteiger charge is -2.38. The van der Waals surface area contributed by atoms with Crippen LogP contribution in [0.1, 0.15) is 20.3 Å². The van der Waals surface area contributed by atoms with E-state index < -0.39 is 0 Å². The number of hydrogen-bond donors (Lipinski definition) is 1. The van der Waals surface area contributed by atoms with Crippen molar-refractivity contribution in [3.05, 3.63) is 12.7 Å². The molecule has 0 aromatic carbocycles. The lowest BCUT2D eigenvalue weighted by atomic mass is 10.1. The van der Waals surface area contributed by atoms with Crippen molar-refractivity contribution in [2.75, 3.05) is 32.8 Å². The van der Waals surface area contributed by atoms with Crippen molar-refractivity contribution in [3.63, 3.8) is 0 Å². The molecule has 1 fully saturated rings. The van der Waals surface area contributed by atoms with Crippen molar-refractivity contribution in [1.82, 2.24) is 10.2 Å². The van der Waals surface area contributed by atoms with Crippen molar-refractivity contribution in [2.45, 2.75) is 32.4 Å². The van der Waals surface area contributed by atoms with Crippen molar-refractivity contribution >= 4 is 0 Å². The summed E-state index contributed by atoms with van der Waals surface area (Å²) in [7, 11) is 0. The van der Waals surface area contributed by atoms with Gasteiger partial charge in [-0.05, 0) is 13.3 Å². The lowest BCUT2D eigenvalue weighted by Crippen LogP contribution is -2.50. The molecule has 1 N–H and O–H groups in total. The van der Waals surface area contributed by atoms with Crippen LogP contribution in [-0.4, -0.2) is 49.8 Å². The smallest absolute Gasteiger partial charge is 0.0674 e. The van der Waals surface area contributed by atoms with Gasteiger partial charge in [0.25, 0.3) is 0 Å². The Balaban J connectivity index is 2.25. The number of morpholine rings is 1. The van der Waals surface area contributed by atoms with Crippen molar-refractivity contribution in [3.8, 4) is 0 Å². The molecule has 0 aromatic heterocycles. The molecule has 1 aliphatic rings. The first-order valence-electron chi connectivity index (χ1n) is 5.95. The Labute approximate surface area is 93.5 Å². The summed E-state index contributed by atoms with van der Waals surface area (Å²) >= 11 is 0. The van der Waals surface area contributed by atoms with Gasteiger partial charge in [-0.1, -0.05) is 13.0 Å².